The summed E-state index contributed by atoms with van der Waals surface area (Å²) in [4.78, 5) is 22.5. The highest BCUT2D eigenvalue weighted by Crippen LogP contribution is 2.10. The predicted molar refractivity (Wildman–Crippen MR) is 78.2 cm³/mol. The highest BCUT2D eigenvalue weighted by atomic mass is 35.5. The molecular weight excluding hydrogens is 282 g/mol. The molecule has 112 valence electrons. The van der Waals surface area contributed by atoms with Crippen LogP contribution in [0.3, 0.4) is 0 Å². The molecule has 0 atom stereocenters. The van der Waals surface area contributed by atoms with Crippen LogP contribution in [-0.4, -0.2) is 38.6 Å². The molecule has 0 saturated heterocycles. The van der Waals surface area contributed by atoms with Crippen LogP contribution in [0.4, 0.5) is 11.9 Å². The number of halogens is 1. The molecule has 0 saturated carbocycles. The summed E-state index contributed by atoms with van der Waals surface area (Å²) in [7, 11) is 0. The molecule has 0 fully saturated rings. The van der Waals surface area contributed by atoms with Crippen LogP contribution in [0, 0.1) is 0 Å². The van der Waals surface area contributed by atoms with Gasteiger partial charge in [-0.25, -0.2) is 0 Å². The first-order valence-electron chi connectivity index (χ1n) is 6.61. The van der Waals surface area contributed by atoms with Gasteiger partial charge in [-0.15, -0.1) is 0 Å². The van der Waals surface area contributed by atoms with Gasteiger partial charge in [-0.3, -0.25) is 4.79 Å². The lowest BCUT2D eigenvalue weighted by Gasteiger charge is -2.10. The van der Waals surface area contributed by atoms with Crippen molar-refractivity contribution in [3.8, 4) is 0 Å². The molecule has 1 aromatic rings. The lowest BCUT2D eigenvalue weighted by Crippen LogP contribution is -2.15. The van der Waals surface area contributed by atoms with Crippen molar-refractivity contribution in [1.82, 2.24) is 15.0 Å². The molecule has 0 amide bonds. The van der Waals surface area contributed by atoms with Gasteiger partial charge in [-0.1, -0.05) is 6.42 Å². The Morgan fingerprint density at radius 3 is 2.55 bits per heavy atom. The molecule has 0 aliphatic rings. The van der Waals surface area contributed by atoms with Crippen molar-refractivity contribution in [3.63, 3.8) is 0 Å². The Morgan fingerprint density at radius 2 is 1.90 bits per heavy atom. The lowest BCUT2D eigenvalue weighted by molar-refractivity contribution is -0.137. The zero-order valence-electron chi connectivity index (χ0n) is 11.7. The third-order valence-corrected chi connectivity index (χ3v) is 2.55. The van der Waals surface area contributed by atoms with Crippen molar-refractivity contribution in [3.05, 3.63) is 5.28 Å². The van der Waals surface area contributed by atoms with E-state index in [1.165, 1.54) is 0 Å². The molecule has 0 aliphatic heterocycles. The number of aromatic nitrogens is 3. The number of hydrogen-bond acceptors (Lipinski definition) is 6. The summed E-state index contributed by atoms with van der Waals surface area (Å²) in [5, 5.41) is 14.8. The molecule has 0 radical (unpaired) electrons. The normalized spacial score (nSPS) is 10.6. The summed E-state index contributed by atoms with van der Waals surface area (Å²) in [5.41, 5.74) is 0. The molecule has 1 heterocycles. The smallest absolute Gasteiger partial charge is 0.303 e. The first-order chi connectivity index (χ1) is 9.47. The molecule has 8 heteroatoms. The summed E-state index contributed by atoms with van der Waals surface area (Å²) >= 11 is 5.82. The summed E-state index contributed by atoms with van der Waals surface area (Å²) in [6, 6.07) is 0.206. The Morgan fingerprint density at radius 1 is 1.20 bits per heavy atom. The number of hydrogen-bond donors (Lipinski definition) is 3. The van der Waals surface area contributed by atoms with Gasteiger partial charge in [0.2, 0.25) is 17.2 Å². The maximum absolute atomic E-state index is 10.4. The third-order valence-electron chi connectivity index (χ3n) is 2.38. The van der Waals surface area contributed by atoms with Crippen LogP contribution in [0.5, 0.6) is 0 Å². The second-order valence-electron chi connectivity index (χ2n) is 4.68. The Kier molecular flexibility index (Phi) is 7.00. The van der Waals surface area contributed by atoms with Gasteiger partial charge in [0.05, 0.1) is 0 Å². The van der Waals surface area contributed by atoms with Crippen LogP contribution in [0.15, 0.2) is 0 Å². The average Bonchev–Trinajstić information content (AvgIpc) is 2.31. The van der Waals surface area contributed by atoms with E-state index in [2.05, 4.69) is 25.6 Å². The minimum Gasteiger partial charge on any atom is -0.481 e. The van der Waals surface area contributed by atoms with Crippen LogP contribution in [0.2, 0.25) is 5.28 Å². The van der Waals surface area contributed by atoms with Crippen molar-refractivity contribution >= 4 is 29.5 Å². The SMILES string of the molecule is CC(C)Nc1nc(Cl)nc(NCCCCCC(=O)O)n1. The Hall–Kier alpha value is -1.63. The minimum atomic E-state index is -0.758. The van der Waals surface area contributed by atoms with Crippen molar-refractivity contribution < 1.29 is 9.90 Å². The van der Waals surface area contributed by atoms with Crippen molar-refractivity contribution in [2.45, 2.75) is 45.6 Å². The van der Waals surface area contributed by atoms with Gasteiger partial charge in [0.15, 0.2) is 0 Å². The number of carboxylic acids is 1. The third kappa shape index (κ3) is 7.08. The van der Waals surface area contributed by atoms with Crippen LogP contribution < -0.4 is 10.6 Å². The molecule has 0 unspecified atom stereocenters. The van der Waals surface area contributed by atoms with Gasteiger partial charge in [-0.05, 0) is 38.3 Å². The van der Waals surface area contributed by atoms with Gasteiger partial charge in [0.25, 0.3) is 0 Å². The van der Waals surface area contributed by atoms with E-state index in [1.54, 1.807) is 0 Å². The Bertz CT molecular complexity index is 442. The van der Waals surface area contributed by atoms with Gasteiger partial charge in [0, 0.05) is 19.0 Å². The molecule has 7 nitrogen and oxygen atoms in total. The van der Waals surface area contributed by atoms with Crippen molar-refractivity contribution in [1.29, 1.82) is 0 Å². The quantitative estimate of drug-likeness (QED) is 0.602. The van der Waals surface area contributed by atoms with Gasteiger partial charge in [0.1, 0.15) is 0 Å². The summed E-state index contributed by atoms with van der Waals surface area (Å²) < 4.78 is 0. The number of unbranched alkanes of at least 4 members (excludes halogenated alkanes) is 2. The van der Waals surface area contributed by atoms with E-state index in [4.69, 9.17) is 16.7 Å². The number of anilines is 2. The van der Waals surface area contributed by atoms with Gasteiger partial charge < -0.3 is 15.7 Å². The number of nitrogens with zero attached hydrogens (tertiary/aromatic N) is 3. The molecule has 0 aliphatic carbocycles. The minimum absolute atomic E-state index is 0.136. The fourth-order valence-electron chi connectivity index (χ4n) is 1.53. The van der Waals surface area contributed by atoms with Gasteiger partial charge >= 0.3 is 5.97 Å². The highest BCUT2D eigenvalue weighted by molar-refractivity contribution is 6.28. The van der Waals surface area contributed by atoms with E-state index in [-0.39, 0.29) is 17.7 Å². The van der Waals surface area contributed by atoms with E-state index in [1.807, 2.05) is 13.8 Å². The second kappa shape index (κ2) is 8.52. The maximum Gasteiger partial charge on any atom is 0.303 e. The molecular formula is C12H20ClN5O2. The molecule has 20 heavy (non-hydrogen) atoms. The molecule has 3 N–H and O–H groups in total. The largest absolute Gasteiger partial charge is 0.481 e. The lowest BCUT2D eigenvalue weighted by atomic mass is 10.2. The van der Waals surface area contributed by atoms with Crippen molar-refractivity contribution in [2.75, 3.05) is 17.2 Å². The zero-order valence-corrected chi connectivity index (χ0v) is 12.4. The molecule has 0 bridgehead atoms. The molecule has 0 spiro atoms. The van der Waals surface area contributed by atoms with E-state index >= 15 is 0 Å². The van der Waals surface area contributed by atoms with Crippen LogP contribution in [0.25, 0.3) is 0 Å². The summed E-state index contributed by atoms with van der Waals surface area (Å²) in [5.74, 6) is 0.103. The second-order valence-corrected chi connectivity index (χ2v) is 5.02. The van der Waals surface area contributed by atoms with Crippen LogP contribution in [0.1, 0.15) is 39.5 Å². The van der Waals surface area contributed by atoms with E-state index in [0.717, 1.165) is 12.8 Å². The summed E-state index contributed by atoms with van der Waals surface area (Å²) in [6.07, 6.45) is 2.58. The van der Waals surface area contributed by atoms with E-state index in [0.29, 0.717) is 24.9 Å². The average molecular weight is 302 g/mol. The van der Waals surface area contributed by atoms with E-state index < -0.39 is 5.97 Å². The zero-order chi connectivity index (χ0) is 15.0. The standard InChI is InChI=1S/C12H20ClN5O2/c1-8(2)15-12-17-10(13)16-11(18-12)14-7-5-3-4-6-9(19)20/h8H,3-7H2,1-2H3,(H,19,20)(H2,14,15,16,17,18). The molecule has 0 aromatic carbocycles. The van der Waals surface area contributed by atoms with Crippen molar-refractivity contribution in [2.24, 2.45) is 0 Å². The fourth-order valence-corrected chi connectivity index (χ4v) is 1.69. The monoisotopic (exact) mass is 301 g/mol. The molecule has 1 aromatic heterocycles. The Labute approximate surface area is 123 Å². The van der Waals surface area contributed by atoms with E-state index in [9.17, 15) is 4.79 Å². The summed E-state index contributed by atoms with van der Waals surface area (Å²) in [6.45, 7) is 4.63. The van der Waals surface area contributed by atoms with Gasteiger partial charge in [-0.2, -0.15) is 15.0 Å². The first-order valence-corrected chi connectivity index (χ1v) is 6.99. The number of aliphatic carboxylic acids is 1. The first kappa shape index (κ1) is 16.4. The topological polar surface area (TPSA) is 100 Å². The van der Waals surface area contributed by atoms with Crippen LogP contribution in [-0.2, 0) is 4.79 Å². The number of rotatable bonds is 9. The number of carbonyl (C=O) groups is 1. The predicted octanol–water partition coefficient (Wildman–Crippen LogP) is 2.40. The number of carboxylic acid groups (broad SMARTS) is 1. The molecule has 1 rings (SSSR count). The maximum atomic E-state index is 10.4. The Balaban J connectivity index is 2.36. The highest BCUT2D eigenvalue weighted by Gasteiger charge is 2.05. The van der Waals surface area contributed by atoms with Crippen LogP contribution >= 0.6 is 11.6 Å². The number of nitrogens with one attached hydrogen (secondary N) is 2. The fraction of sp³-hybridized carbons (Fsp3) is 0.667.